The molecule has 1 N–H and O–H groups in total. The molecule has 0 spiro atoms. The van der Waals surface area contributed by atoms with Crippen LogP contribution in [0.4, 0.5) is 4.39 Å². The van der Waals surface area contributed by atoms with Gasteiger partial charge in [0.15, 0.2) is 5.60 Å². The topological polar surface area (TPSA) is 99.9 Å². The van der Waals surface area contributed by atoms with Crippen LogP contribution in [0.2, 0.25) is 0 Å². The number of hydrogen-bond donors (Lipinski definition) is 1. The number of pyridine rings is 2. The quantitative estimate of drug-likeness (QED) is 0.365. The number of halogens is 1. The third-order valence-electron chi connectivity index (χ3n) is 6.45. The number of aliphatic hydroxyl groups is 1. The van der Waals surface area contributed by atoms with Crippen molar-refractivity contribution in [3.05, 3.63) is 56.6 Å². The standard InChI is InChI=1S/C24H23FN2O6/c1-4-24(30)16-8-19-20-14(10-27(19)22(28)15(16)11-33-23(24)29)21(32-6-5-31-3)13-7-12(2)17(25)9-18(13)26-20/h7-9,30H,4-6,10-11H2,1-3H3/t24-/m0/s1. The smallest absolute Gasteiger partial charge is 0.343 e. The van der Waals surface area contributed by atoms with Crippen molar-refractivity contribution < 1.29 is 28.5 Å². The number of nitrogens with zero attached hydrogens (tertiary/aromatic N) is 2. The Morgan fingerprint density at radius 3 is 2.76 bits per heavy atom. The number of benzene rings is 1. The second kappa shape index (κ2) is 7.64. The Hall–Kier alpha value is -3.30. The number of rotatable bonds is 5. The molecule has 0 aliphatic carbocycles. The van der Waals surface area contributed by atoms with Gasteiger partial charge in [0.25, 0.3) is 5.56 Å². The maximum atomic E-state index is 14.4. The number of carbonyl (C=O) groups is 1. The molecule has 2 aromatic heterocycles. The van der Waals surface area contributed by atoms with Crippen LogP contribution in [0.25, 0.3) is 22.3 Å². The molecule has 0 radical (unpaired) electrons. The van der Waals surface area contributed by atoms with Gasteiger partial charge in [-0.15, -0.1) is 0 Å². The van der Waals surface area contributed by atoms with Gasteiger partial charge >= 0.3 is 5.97 Å². The van der Waals surface area contributed by atoms with Crippen molar-refractivity contribution in [3.8, 4) is 17.1 Å². The molecule has 33 heavy (non-hydrogen) atoms. The molecule has 3 aromatic rings. The third kappa shape index (κ3) is 3.07. The van der Waals surface area contributed by atoms with E-state index >= 15 is 0 Å². The number of aromatic nitrogens is 2. The number of aryl methyl sites for hydroxylation is 1. The molecule has 0 amide bonds. The Bertz CT molecular complexity index is 1380. The molecule has 0 saturated carbocycles. The van der Waals surface area contributed by atoms with Crippen LogP contribution in [0.1, 0.15) is 35.6 Å². The zero-order chi connectivity index (χ0) is 23.5. The molecule has 9 heteroatoms. The first-order valence-electron chi connectivity index (χ1n) is 10.7. The van der Waals surface area contributed by atoms with Crippen molar-refractivity contribution in [2.24, 2.45) is 0 Å². The SMILES string of the molecule is CC[C@@]1(O)C(=O)OCc2c1cc1n(c2=O)Cc2c-1nc1cc(F)c(C)cc1c2OCCOC. The molecule has 172 valence electrons. The van der Waals surface area contributed by atoms with Crippen molar-refractivity contribution in [1.29, 1.82) is 0 Å². The summed E-state index contributed by atoms with van der Waals surface area (Å²) < 4.78 is 32.2. The molecule has 8 nitrogen and oxygen atoms in total. The zero-order valence-electron chi connectivity index (χ0n) is 18.5. The van der Waals surface area contributed by atoms with E-state index in [1.165, 1.54) is 10.6 Å². The molecule has 0 unspecified atom stereocenters. The fourth-order valence-corrected chi connectivity index (χ4v) is 4.56. The van der Waals surface area contributed by atoms with Gasteiger partial charge < -0.3 is 23.9 Å². The second-order valence-electron chi connectivity index (χ2n) is 8.33. The second-order valence-corrected chi connectivity index (χ2v) is 8.33. The number of hydrogen-bond acceptors (Lipinski definition) is 7. The van der Waals surface area contributed by atoms with Gasteiger partial charge in [0.05, 0.1) is 35.6 Å². The number of methoxy groups -OCH3 is 1. The summed E-state index contributed by atoms with van der Waals surface area (Å²) in [5.74, 6) is -0.677. The van der Waals surface area contributed by atoms with Crippen LogP contribution in [0.15, 0.2) is 23.0 Å². The lowest BCUT2D eigenvalue weighted by Gasteiger charge is -2.31. The first-order chi connectivity index (χ1) is 15.8. The van der Waals surface area contributed by atoms with Crippen LogP contribution in [-0.4, -0.2) is 41.0 Å². The highest BCUT2D eigenvalue weighted by Crippen LogP contribution is 2.43. The van der Waals surface area contributed by atoms with E-state index in [-0.39, 0.29) is 42.9 Å². The highest BCUT2D eigenvalue weighted by molar-refractivity contribution is 5.92. The van der Waals surface area contributed by atoms with Gasteiger partial charge in [-0.3, -0.25) is 4.79 Å². The third-order valence-corrected chi connectivity index (χ3v) is 6.45. The van der Waals surface area contributed by atoms with Crippen LogP contribution >= 0.6 is 0 Å². The van der Waals surface area contributed by atoms with Gasteiger partial charge in [-0.1, -0.05) is 6.92 Å². The largest absolute Gasteiger partial charge is 0.490 e. The highest BCUT2D eigenvalue weighted by Gasteiger charge is 2.45. The summed E-state index contributed by atoms with van der Waals surface area (Å²) in [7, 11) is 1.57. The number of fused-ring (bicyclic) bond motifs is 5. The van der Waals surface area contributed by atoms with Crippen molar-refractivity contribution in [2.45, 2.75) is 39.0 Å². The van der Waals surface area contributed by atoms with Crippen molar-refractivity contribution in [1.82, 2.24) is 9.55 Å². The summed E-state index contributed by atoms with van der Waals surface area (Å²) in [4.78, 5) is 30.4. The van der Waals surface area contributed by atoms with Crippen molar-refractivity contribution >= 4 is 16.9 Å². The highest BCUT2D eigenvalue weighted by atomic mass is 19.1. The van der Waals surface area contributed by atoms with Crippen LogP contribution in [0.5, 0.6) is 5.75 Å². The van der Waals surface area contributed by atoms with E-state index in [9.17, 15) is 19.1 Å². The van der Waals surface area contributed by atoms with Crippen LogP contribution in [0.3, 0.4) is 0 Å². The number of esters is 1. The lowest BCUT2D eigenvalue weighted by Crippen LogP contribution is -2.44. The van der Waals surface area contributed by atoms with E-state index in [2.05, 4.69) is 4.98 Å². The van der Waals surface area contributed by atoms with E-state index < -0.39 is 17.4 Å². The fraction of sp³-hybridized carbons (Fsp3) is 0.375. The number of ether oxygens (including phenoxy) is 3. The van der Waals surface area contributed by atoms with E-state index in [4.69, 9.17) is 14.2 Å². The molecular weight excluding hydrogens is 431 g/mol. The van der Waals surface area contributed by atoms with Gasteiger partial charge in [-0.2, -0.15) is 0 Å². The Morgan fingerprint density at radius 2 is 2.03 bits per heavy atom. The van der Waals surface area contributed by atoms with Crippen LogP contribution in [-0.2, 0) is 33.0 Å². The monoisotopic (exact) mass is 454 g/mol. The fourth-order valence-electron chi connectivity index (χ4n) is 4.56. The minimum absolute atomic E-state index is 0.0512. The predicted octanol–water partition coefficient (Wildman–Crippen LogP) is 2.55. The van der Waals surface area contributed by atoms with Crippen molar-refractivity contribution in [3.63, 3.8) is 0 Å². The summed E-state index contributed by atoms with van der Waals surface area (Å²) >= 11 is 0. The number of cyclic esters (lactones) is 1. The van der Waals surface area contributed by atoms with E-state index in [1.807, 2.05) is 0 Å². The summed E-state index contributed by atoms with van der Waals surface area (Å²) in [6.07, 6.45) is 0.0512. The average Bonchev–Trinajstić information content (AvgIpc) is 3.16. The van der Waals surface area contributed by atoms with Crippen molar-refractivity contribution in [2.75, 3.05) is 20.3 Å². The van der Waals surface area contributed by atoms with Gasteiger partial charge in [0.1, 0.15) is 24.8 Å². The van der Waals surface area contributed by atoms with E-state index in [0.29, 0.717) is 45.8 Å². The van der Waals surface area contributed by atoms with E-state index in [0.717, 1.165) is 0 Å². The molecule has 0 saturated heterocycles. The first kappa shape index (κ1) is 21.5. The predicted molar refractivity (Wildman–Crippen MR) is 117 cm³/mol. The molecule has 0 fully saturated rings. The summed E-state index contributed by atoms with van der Waals surface area (Å²) in [5.41, 5.74) is 0.590. The minimum Gasteiger partial charge on any atom is -0.490 e. The van der Waals surface area contributed by atoms with Gasteiger partial charge in [0.2, 0.25) is 0 Å². The molecule has 1 atom stereocenters. The molecule has 1 aromatic carbocycles. The maximum Gasteiger partial charge on any atom is 0.343 e. The lowest BCUT2D eigenvalue weighted by atomic mass is 9.86. The lowest BCUT2D eigenvalue weighted by molar-refractivity contribution is -0.172. The van der Waals surface area contributed by atoms with E-state index in [1.54, 1.807) is 33.1 Å². The number of carbonyl (C=O) groups excluding carboxylic acids is 1. The Balaban J connectivity index is 1.78. The van der Waals surface area contributed by atoms with Gasteiger partial charge in [-0.25, -0.2) is 14.2 Å². The molecule has 2 aliphatic rings. The Kier molecular flexibility index (Phi) is 4.98. The summed E-state index contributed by atoms with van der Waals surface area (Å²) in [6, 6.07) is 4.64. The van der Waals surface area contributed by atoms with Crippen LogP contribution < -0.4 is 10.3 Å². The molecular formula is C24H23FN2O6. The Labute approximate surface area is 188 Å². The normalized spacial score (nSPS) is 18.6. The minimum atomic E-state index is -1.91. The molecule has 2 aliphatic heterocycles. The Morgan fingerprint density at radius 1 is 1.24 bits per heavy atom. The summed E-state index contributed by atoms with van der Waals surface area (Å²) in [6.45, 7) is 3.91. The first-order valence-corrected chi connectivity index (χ1v) is 10.7. The van der Waals surface area contributed by atoms with Gasteiger partial charge in [0, 0.05) is 29.7 Å². The average molecular weight is 454 g/mol. The summed E-state index contributed by atoms with van der Waals surface area (Å²) in [5, 5.41) is 11.6. The van der Waals surface area contributed by atoms with Gasteiger partial charge in [-0.05, 0) is 31.0 Å². The zero-order valence-corrected chi connectivity index (χ0v) is 18.5. The maximum absolute atomic E-state index is 14.4. The molecule has 4 heterocycles. The molecule has 5 rings (SSSR count). The van der Waals surface area contributed by atoms with Crippen LogP contribution in [0, 0.1) is 12.7 Å². The molecule has 0 bridgehead atoms.